The van der Waals surface area contributed by atoms with Crippen LogP contribution in [-0.4, -0.2) is 46.8 Å². The molecule has 0 saturated carbocycles. The number of oxime groups is 1. The molecule has 8 heteroatoms. The van der Waals surface area contributed by atoms with E-state index in [9.17, 15) is 4.39 Å². The molecular formula is C26H31FN4O3. The fraction of sp³-hybridized carbons (Fsp3) is 0.308. The maximum absolute atomic E-state index is 11.9. The quantitative estimate of drug-likeness (QED) is 0.517. The number of aryl methyl sites for hydroxylation is 1. The number of imidazole rings is 1. The highest BCUT2D eigenvalue weighted by Crippen LogP contribution is 2.28. The Morgan fingerprint density at radius 2 is 1.91 bits per heavy atom. The van der Waals surface area contributed by atoms with E-state index in [1.165, 1.54) is 12.1 Å². The van der Waals surface area contributed by atoms with Crippen LogP contribution in [0.1, 0.15) is 32.0 Å². The monoisotopic (exact) mass is 466 g/mol. The summed E-state index contributed by atoms with van der Waals surface area (Å²) in [5.74, 6) is 2.04. The molecule has 7 nitrogen and oxygen atoms in total. The zero-order valence-electron chi connectivity index (χ0n) is 20.2. The summed E-state index contributed by atoms with van der Waals surface area (Å²) in [4.78, 5) is 11.7. The molecule has 2 aliphatic rings. The molecule has 1 fully saturated rings. The molecule has 0 unspecified atom stereocenters. The number of methoxy groups -OCH3 is 1. The van der Waals surface area contributed by atoms with E-state index in [0.29, 0.717) is 12.4 Å². The first-order valence-electron chi connectivity index (χ1n) is 11.3. The number of fused-ring (bicyclic) bond motifs is 1. The lowest BCUT2D eigenvalue weighted by molar-refractivity contribution is 0.0137. The average Bonchev–Trinajstić information content (AvgIpc) is 3.47. The SMILES string of the molecule is CC.COc1cc(/C=C2\OCCN3C2=NO[C@H]3C)ccc1-n1cnc(C)c1.Fc1ccccc1. The summed E-state index contributed by atoms with van der Waals surface area (Å²) >= 11 is 0. The van der Waals surface area contributed by atoms with Gasteiger partial charge in [-0.2, -0.15) is 0 Å². The fourth-order valence-corrected chi connectivity index (χ4v) is 3.42. The van der Waals surface area contributed by atoms with Crippen molar-refractivity contribution in [2.75, 3.05) is 20.3 Å². The minimum absolute atomic E-state index is 0.0521. The average molecular weight is 467 g/mol. The Bertz CT molecular complexity index is 1130. The van der Waals surface area contributed by atoms with Crippen LogP contribution in [-0.2, 0) is 9.57 Å². The van der Waals surface area contributed by atoms with Crippen molar-refractivity contribution in [1.29, 1.82) is 0 Å². The maximum atomic E-state index is 11.9. The van der Waals surface area contributed by atoms with Gasteiger partial charge in [-0.05, 0) is 49.8 Å². The number of hydrogen-bond acceptors (Lipinski definition) is 6. The molecule has 1 saturated heterocycles. The largest absolute Gasteiger partial charge is 0.495 e. The van der Waals surface area contributed by atoms with Crippen LogP contribution in [0.25, 0.3) is 11.8 Å². The number of aromatic nitrogens is 2. The second-order valence-electron chi connectivity index (χ2n) is 7.32. The van der Waals surface area contributed by atoms with Gasteiger partial charge in [0.2, 0.25) is 5.84 Å². The van der Waals surface area contributed by atoms with Gasteiger partial charge < -0.3 is 23.8 Å². The molecule has 3 aromatic rings. The second-order valence-corrected chi connectivity index (χ2v) is 7.32. The van der Waals surface area contributed by atoms with Gasteiger partial charge >= 0.3 is 0 Å². The van der Waals surface area contributed by atoms with Crippen LogP contribution in [0.15, 0.2) is 72.0 Å². The minimum atomic E-state index is -0.178. The minimum Gasteiger partial charge on any atom is -0.495 e. The van der Waals surface area contributed by atoms with Crippen molar-refractivity contribution < 1.29 is 18.7 Å². The highest BCUT2D eigenvalue weighted by atomic mass is 19.1. The molecule has 180 valence electrons. The number of rotatable bonds is 3. The summed E-state index contributed by atoms with van der Waals surface area (Å²) in [5, 5.41) is 4.13. The number of benzene rings is 2. The first-order valence-corrected chi connectivity index (χ1v) is 11.3. The van der Waals surface area contributed by atoms with Crippen LogP contribution in [0, 0.1) is 12.7 Å². The van der Waals surface area contributed by atoms with Crippen molar-refractivity contribution in [1.82, 2.24) is 14.5 Å². The third-order valence-electron chi connectivity index (χ3n) is 5.04. The molecule has 1 atom stereocenters. The van der Waals surface area contributed by atoms with Gasteiger partial charge in [0, 0.05) is 6.20 Å². The Morgan fingerprint density at radius 3 is 2.53 bits per heavy atom. The van der Waals surface area contributed by atoms with Crippen LogP contribution in [0.4, 0.5) is 4.39 Å². The molecule has 0 amide bonds. The summed E-state index contributed by atoms with van der Waals surface area (Å²) in [5.41, 5.74) is 2.86. The molecule has 5 rings (SSSR count). The fourth-order valence-electron chi connectivity index (χ4n) is 3.42. The zero-order valence-corrected chi connectivity index (χ0v) is 20.2. The van der Waals surface area contributed by atoms with Crippen molar-refractivity contribution in [2.45, 2.75) is 33.9 Å². The zero-order chi connectivity index (χ0) is 24.5. The van der Waals surface area contributed by atoms with Gasteiger partial charge in [0.25, 0.3) is 0 Å². The molecule has 0 spiro atoms. The summed E-state index contributed by atoms with van der Waals surface area (Å²) in [6, 6.07) is 13.9. The van der Waals surface area contributed by atoms with E-state index in [1.807, 2.05) is 62.7 Å². The molecule has 0 radical (unpaired) electrons. The van der Waals surface area contributed by atoms with Crippen LogP contribution in [0.3, 0.4) is 0 Å². The molecule has 2 aromatic carbocycles. The summed E-state index contributed by atoms with van der Waals surface area (Å²) < 4.78 is 25.2. The topological polar surface area (TPSA) is 61.1 Å². The van der Waals surface area contributed by atoms with E-state index in [2.05, 4.69) is 15.0 Å². The van der Waals surface area contributed by atoms with Gasteiger partial charge in [-0.15, -0.1) is 0 Å². The highest BCUT2D eigenvalue weighted by Gasteiger charge is 2.33. The molecule has 3 heterocycles. The first kappa shape index (κ1) is 24.8. The first-order chi connectivity index (χ1) is 16.5. The van der Waals surface area contributed by atoms with Gasteiger partial charge in [-0.3, -0.25) is 0 Å². The van der Waals surface area contributed by atoms with Gasteiger partial charge in [0.15, 0.2) is 12.0 Å². The van der Waals surface area contributed by atoms with E-state index in [4.69, 9.17) is 14.3 Å². The third-order valence-corrected chi connectivity index (χ3v) is 5.04. The second kappa shape index (κ2) is 11.9. The van der Waals surface area contributed by atoms with E-state index < -0.39 is 0 Å². The lowest BCUT2D eigenvalue weighted by atomic mass is 10.1. The summed E-state index contributed by atoms with van der Waals surface area (Å²) in [6.07, 6.45) is 5.64. The van der Waals surface area contributed by atoms with Crippen molar-refractivity contribution >= 4 is 11.9 Å². The highest BCUT2D eigenvalue weighted by molar-refractivity contribution is 6.01. The van der Waals surface area contributed by atoms with Crippen molar-refractivity contribution in [3.8, 4) is 11.4 Å². The normalized spacial score (nSPS) is 17.2. The number of nitrogens with zero attached hydrogens (tertiary/aromatic N) is 4. The molecule has 34 heavy (non-hydrogen) atoms. The van der Waals surface area contributed by atoms with Crippen molar-refractivity contribution in [3.05, 3.63) is 83.9 Å². The van der Waals surface area contributed by atoms with Crippen LogP contribution < -0.4 is 4.74 Å². The Kier molecular flexibility index (Phi) is 8.67. The van der Waals surface area contributed by atoms with E-state index in [0.717, 1.165) is 35.1 Å². The summed E-state index contributed by atoms with van der Waals surface area (Å²) in [6.45, 7) is 9.32. The van der Waals surface area contributed by atoms with Gasteiger partial charge in [-0.25, -0.2) is 9.37 Å². The van der Waals surface area contributed by atoms with Gasteiger partial charge in [0.1, 0.15) is 18.2 Å². The lowest BCUT2D eigenvalue weighted by Crippen LogP contribution is -2.41. The number of halogens is 1. The maximum Gasteiger partial charge on any atom is 0.213 e. The molecule has 0 N–H and O–H groups in total. The van der Waals surface area contributed by atoms with Crippen LogP contribution in [0.5, 0.6) is 5.75 Å². The lowest BCUT2D eigenvalue weighted by Gasteiger charge is -2.28. The predicted octanol–water partition coefficient (Wildman–Crippen LogP) is 5.40. The number of amidine groups is 1. The number of morpholine rings is 1. The summed E-state index contributed by atoms with van der Waals surface area (Å²) in [7, 11) is 1.66. The Hall–Kier alpha value is -3.81. The van der Waals surface area contributed by atoms with Crippen molar-refractivity contribution in [3.63, 3.8) is 0 Å². The number of ether oxygens (including phenoxy) is 2. The van der Waals surface area contributed by atoms with E-state index >= 15 is 0 Å². The Labute approximate surface area is 200 Å². The molecule has 1 aromatic heterocycles. The van der Waals surface area contributed by atoms with Gasteiger partial charge in [0.05, 0.1) is 31.4 Å². The van der Waals surface area contributed by atoms with E-state index in [1.54, 1.807) is 31.6 Å². The third kappa shape index (κ3) is 5.95. The number of hydrogen-bond donors (Lipinski definition) is 0. The predicted molar refractivity (Wildman–Crippen MR) is 131 cm³/mol. The Balaban J connectivity index is 0.000000306. The van der Waals surface area contributed by atoms with Crippen molar-refractivity contribution in [2.24, 2.45) is 5.16 Å². The molecular weight excluding hydrogens is 435 g/mol. The molecule has 2 aliphatic heterocycles. The molecule has 0 bridgehead atoms. The van der Waals surface area contributed by atoms with Crippen LogP contribution >= 0.6 is 0 Å². The Morgan fingerprint density at radius 1 is 1.15 bits per heavy atom. The van der Waals surface area contributed by atoms with E-state index in [-0.39, 0.29) is 12.0 Å². The standard InChI is InChI=1S/C18H20N4O3.C6H5F.C2H6/c1-12-10-21(11-19-12)15-5-4-14(8-16(15)23-3)9-17-18-20-25-13(2)22(18)6-7-24-17;7-6-4-2-1-3-5-6;1-2/h4-5,8-11,13H,6-7H2,1-3H3;1-5H;1-2H3/b17-9-;;/t13-;;/m0../s1. The van der Waals surface area contributed by atoms with Crippen LogP contribution in [0.2, 0.25) is 0 Å². The smallest absolute Gasteiger partial charge is 0.213 e. The van der Waals surface area contributed by atoms with Gasteiger partial charge in [-0.1, -0.05) is 43.3 Å². The molecule has 0 aliphatic carbocycles.